The molecule has 4 bridgehead atoms. The van der Waals surface area contributed by atoms with Gasteiger partial charge in [-0.2, -0.15) is 0 Å². The van der Waals surface area contributed by atoms with E-state index in [4.69, 9.17) is 14.2 Å². The second-order valence-corrected chi connectivity index (χ2v) is 10.3. The average Bonchev–Trinajstić information content (AvgIpc) is 2.80. The summed E-state index contributed by atoms with van der Waals surface area (Å²) in [4.78, 5) is 13.1. The maximum absolute atomic E-state index is 13.1. The van der Waals surface area contributed by atoms with E-state index >= 15 is 0 Å². The van der Waals surface area contributed by atoms with Crippen LogP contribution in [-0.4, -0.2) is 37.4 Å². The van der Waals surface area contributed by atoms with E-state index in [0.29, 0.717) is 35.0 Å². The Balaban J connectivity index is 1.39. The first kappa shape index (κ1) is 22.7. The Kier molecular flexibility index (Phi) is 5.74. The van der Waals surface area contributed by atoms with Crippen LogP contribution in [0.3, 0.4) is 0 Å². The number of aromatic hydroxyl groups is 2. The molecular formula is C27H33NO6. The van der Waals surface area contributed by atoms with Crippen molar-refractivity contribution in [3.05, 3.63) is 41.0 Å². The lowest BCUT2D eigenvalue weighted by atomic mass is 9.48. The predicted molar refractivity (Wildman–Crippen MR) is 127 cm³/mol. The van der Waals surface area contributed by atoms with E-state index in [1.165, 1.54) is 32.4 Å². The van der Waals surface area contributed by atoms with Crippen LogP contribution in [0, 0.1) is 17.8 Å². The number of carbonyl (C=O) groups is 1. The summed E-state index contributed by atoms with van der Waals surface area (Å²) in [5, 5.41) is 24.2. The molecule has 182 valence electrons. The minimum absolute atomic E-state index is 0.0850. The molecule has 7 nitrogen and oxygen atoms in total. The van der Waals surface area contributed by atoms with Crippen LogP contribution in [0.25, 0.3) is 0 Å². The minimum Gasteiger partial charge on any atom is -0.508 e. The van der Waals surface area contributed by atoms with E-state index in [2.05, 4.69) is 5.32 Å². The fraction of sp³-hybridized carbons (Fsp3) is 0.519. The molecule has 4 saturated carbocycles. The molecule has 0 saturated heterocycles. The van der Waals surface area contributed by atoms with Gasteiger partial charge in [0.15, 0.2) is 11.5 Å². The van der Waals surface area contributed by atoms with Gasteiger partial charge >= 0.3 is 0 Å². The van der Waals surface area contributed by atoms with Gasteiger partial charge in [0.2, 0.25) is 5.75 Å². The normalized spacial score (nSPS) is 26.9. The lowest BCUT2D eigenvalue weighted by molar-refractivity contribution is -0.00617. The van der Waals surface area contributed by atoms with Crippen LogP contribution in [0.4, 0.5) is 0 Å². The van der Waals surface area contributed by atoms with Crippen LogP contribution >= 0.6 is 0 Å². The van der Waals surface area contributed by atoms with E-state index < -0.39 is 5.91 Å². The first-order valence-corrected chi connectivity index (χ1v) is 12.0. The zero-order chi connectivity index (χ0) is 24.0. The second-order valence-electron chi connectivity index (χ2n) is 10.3. The van der Waals surface area contributed by atoms with E-state index in [1.807, 2.05) is 0 Å². The minimum atomic E-state index is -0.391. The molecule has 0 radical (unpaired) electrons. The first-order valence-electron chi connectivity index (χ1n) is 12.0. The molecule has 34 heavy (non-hydrogen) atoms. The number of rotatable bonds is 7. The maximum Gasteiger partial charge on any atom is 0.255 e. The Hall–Kier alpha value is -3.09. The van der Waals surface area contributed by atoms with E-state index in [1.54, 1.807) is 32.4 Å². The van der Waals surface area contributed by atoms with Gasteiger partial charge in [-0.3, -0.25) is 4.79 Å². The highest BCUT2D eigenvalue weighted by molar-refractivity contribution is 5.97. The largest absolute Gasteiger partial charge is 0.508 e. The highest BCUT2D eigenvalue weighted by Gasteiger charge is 2.52. The highest BCUT2D eigenvalue weighted by Crippen LogP contribution is 2.62. The van der Waals surface area contributed by atoms with Gasteiger partial charge in [-0.25, -0.2) is 0 Å². The van der Waals surface area contributed by atoms with Crippen molar-refractivity contribution in [2.24, 2.45) is 17.8 Å². The van der Waals surface area contributed by atoms with E-state index in [0.717, 1.165) is 30.4 Å². The van der Waals surface area contributed by atoms with Crippen LogP contribution in [0.1, 0.15) is 60.0 Å². The number of nitrogens with one attached hydrogen (secondary N) is 1. The first-order chi connectivity index (χ1) is 16.4. The van der Waals surface area contributed by atoms with Gasteiger partial charge in [0.05, 0.1) is 26.9 Å². The van der Waals surface area contributed by atoms with Gasteiger partial charge < -0.3 is 29.7 Å². The molecule has 2 aromatic carbocycles. The Morgan fingerprint density at radius 1 is 0.882 bits per heavy atom. The topological polar surface area (TPSA) is 97.3 Å². The molecule has 4 aliphatic rings. The van der Waals surface area contributed by atoms with Gasteiger partial charge in [-0.05, 0) is 85.5 Å². The number of ether oxygens (including phenoxy) is 3. The van der Waals surface area contributed by atoms with Crippen LogP contribution in [-0.2, 0) is 12.0 Å². The molecule has 4 aliphatic carbocycles. The Morgan fingerprint density at radius 2 is 1.44 bits per heavy atom. The molecule has 0 unspecified atom stereocenters. The Bertz CT molecular complexity index is 1050. The van der Waals surface area contributed by atoms with Crippen molar-refractivity contribution in [1.29, 1.82) is 0 Å². The lowest BCUT2D eigenvalue weighted by Crippen LogP contribution is -2.48. The number of carbonyl (C=O) groups excluding carboxylic acids is 1. The molecule has 1 amide bonds. The molecule has 0 aliphatic heterocycles. The number of methoxy groups -OCH3 is 3. The summed E-state index contributed by atoms with van der Waals surface area (Å²) in [6.45, 7) is 0.211. The average molecular weight is 468 g/mol. The van der Waals surface area contributed by atoms with Crippen LogP contribution in [0.15, 0.2) is 24.3 Å². The third-order valence-electron chi connectivity index (χ3n) is 8.15. The maximum atomic E-state index is 13.1. The van der Waals surface area contributed by atoms with Crippen LogP contribution in [0.2, 0.25) is 0 Å². The van der Waals surface area contributed by atoms with Gasteiger partial charge in [0.25, 0.3) is 5.91 Å². The monoisotopic (exact) mass is 467 g/mol. The van der Waals surface area contributed by atoms with Gasteiger partial charge in [-0.1, -0.05) is 0 Å². The third-order valence-corrected chi connectivity index (χ3v) is 8.15. The number of hydrogen-bond acceptors (Lipinski definition) is 6. The molecule has 6 rings (SSSR count). The number of hydrogen-bond donors (Lipinski definition) is 3. The molecule has 0 heterocycles. The van der Waals surface area contributed by atoms with Crippen molar-refractivity contribution in [2.75, 3.05) is 21.3 Å². The van der Waals surface area contributed by atoms with Crippen molar-refractivity contribution in [2.45, 2.75) is 50.5 Å². The molecule has 0 atom stereocenters. The number of phenolic OH excluding ortho intramolecular Hbond substituents is 2. The van der Waals surface area contributed by atoms with E-state index in [-0.39, 0.29) is 29.0 Å². The number of amides is 1. The zero-order valence-corrected chi connectivity index (χ0v) is 20.0. The predicted octanol–water partition coefficient (Wildman–Crippen LogP) is 4.52. The summed E-state index contributed by atoms with van der Waals surface area (Å²) in [6, 6.07) is 6.61. The van der Waals surface area contributed by atoms with Crippen molar-refractivity contribution < 1.29 is 29.2 Å². The molecular weight excluding hydrogens is 434 g/mol. The van der Waals surface area contributed by atoms with Crippen LogP contribution < -0.4 is 19.5 Å². The Morgan fingerprint density at radius 3 is 1.94 bits per heavy atom. The molecule has 3 N–H and O–H groups in total. The summed E-state index contributed by atoms with van der Waals surface area (Å²) in [5.41, 5.74) is 1.69. The molecule has 0 spiro atoms. The van der Waals surface area contributed by atoms with Crippen molar-refractivity contribution >= 4 is 5.91 Å². The molecule has 7 heteroatoms. The second kappa shape index (κ2) is 8.60. The van der Waals surface area contributed by atoms with Gasteiger partial charge in [0.1, 0.15) is 11.5 Å². The Labute approximate surface area is 200 Å². The van der Waals surface area contributed by atoms with Crippen molar-refractivity contribution in [3.8, 4) is 28.7 Å². The fourth-order valence-corrected chi connectivity index (χ4v) is 7.14. The zero-order valence-electron chi connectivity index (χ0n) is 20.0. The quantitative estimate of drug-likeness (QED) is 0.554. The SMILES string of the molecule is COc1cc(CNC(=O)c2cc(C34CC5CC(CC(C5)C3)C4)c(O)cc2O)cc(OC)c1OC. The van der Waals surface area contributed by atoms with E-state index in [9.17, 15) is 15.0 Å². The van der Waals surface area contributed by atoms with Gasteiger partial charge in [0, 0.05) is 18.2 Å². The van der Waals surface area contributed by atoms with Crippen molar-refractivity contribution in [1.82, 2.24) is 5.32 Å². The highest BCUT2D eigenvalue weighted by atomic mass is 16.5. The number of phenols is 2. The summed E-state index contributed by atoms with van der Waals surface area (Å²) in [5.74, 6) is 3.10. The van der Waals surface area contributed by atoms with Crippen LogP contribution in [0.5, 0.6) is 28.7 Å². The summed E-state index contributed by atoms with van der Waals surface area (Å²) >= 11 is 0. The number of benzene rings is 2. The summed E-state index contributed by atoms with van der Waals surface area (Å²) in [7, 11) is 4.62. The molecule has 4 fully saturated rings. The summed E-state index contributed by atoms with van der Waals surface area (Å²) in [6.07, 6.45) is 7.05. The molecule has 0 aromatic heterocycles. The van der Waals surface area contributed by atoms with Gasteiger partial charge in [-0.15, -0.1) is 0 Å². The molecule has 2 aromatic rings. The van der Waals surface area contributed by atoms with Crippen molar-refractivity contribution in [3.63, 3.8) is 0 Å². The smallest absolute Gasteiger partial charge is 0.255 e. The fourth-order valence-electron chi connectivity index (χ4n) is 7.14. The standard InChI is InChI=1S/C27H33NO6/c1-32-23-7-18(8-24(33-2)25(23)34-3)14-28-26(31)19-9-20(22(30)10-21(19)29)27-11-15-4-16(12-27)6-17(5-15)13-27/h7-10,15-17,29-30H,4-6,11-14H2,1-3H3,(H,28,31). The third kappa shape index (κ3) is 3.81. The lowest BCUT2D eigenvalue weighted by Gasteiger charge is -2.57. The summed E-state index contributed by atoms with van der Waals surface area (Å²) < 4.78 is 16.1.